The van der Waals surface area contributed by atoms with Crippen LogP contribution in [0, 0.1) is 11.3 Å². The van der Waals surface area contributed by atoms with Crippen LogP contribution in [-0.2, 0) is 14.3 Å². The quantitative estimate of drug-likeness (QED) is 0.865. The Kier molecular flexibility index (Phi) is 5.87. The molecule has 0 spiro atoms. The molecule has 5 heteroatoms. The number of benzene rings is 1. The molecule has 2 fully saturated rings. The molecule has 3 N–H and O–H groups in total. The summed E-state index contributed by atoms with van der Waals surface area (Å²) in [6.45, 7) is 3.04. The van der Waals surface area contributed by atoms with Crippen LogP contribution in [0.1, 0.15) is 37.4 Å². The van der Waals surface area contributed by atoms with Gasteiger partial charge >= 0.3 is 0 Å². The smallest absolute Gasteiger partial charge is 0.227 e. The minimum absolute atomic E-state index is 0.0590. The standard InChI is InChI=1S/C19H28N2O3/c20-14-19(8-11-23-12-9-19)18(22)21-13-16-7-4-10-24-17(16)15-5-2-1-3-6-15/h1-3,5-6,16-17H,4,7-14,20H2,(H,21,22). The summed E-state index contributed by atoms with van der Waals surface area (Å²) >= 11 is 0. The van der Waals surface area contributed by atoms with Gasteiger partial charge in [-0.05, 0) is 31.2 Å². The van der Waals surface area contributed by atoms with Crippen molar-refractivity contribution < 1.29 is 14.3 Å². The number of carbonyl (C=O) groups is 1. The minimum atomic E-state index is -0.462. The second-order valence-electron chi connectivity index (χ2n) is 6.91. The Bertz CT molecular complexity index is 529. The Morgan fingerprint density at radius 1 is 1.21 bits per heavy atom. The molecular formula is C19H28N2O3. The zero-order valence-electron chi connectivity index (χ0n) is 14.2. The molecule has 0 aliphatic carbocycles. The van der Waals surface area contributed by atoms with Crippen LogP contribution in [0.5, 0.6) is 0 Å². The fourth-order valence-corrected chi connectivity index (χ4v) is 3.76. The van der Waals surface area contributed by atoms with E-state index in [-0.39, 0.29) is 12.0 Å². The molecule has 2 heterocycles. The number of nitrogens with one attached hydrogen (secondary N) is 1. The maximum absolute atomic E-state index is 12.7. The third-order valence-electron chi connectivity index (χ3n) is 5.42. The van der Waals surface area contributed by atoms with Crippen LogP contribution in [0.3, 0.4) is 0 Å². The van der Waals surface area contributed by atoms with Crippen LogP contribution in [0.25, 0.3) is 0 Å². The molecule has 0 aromatic heterocycles. The van der Waals surface area contributed by atoms with Crippen LogP contribution in [-0.4, -0.2) is 38.8 Å². The molecule has 5 nitrogen and oxygen atoms in total. The van der Waals surface area contributed by atoms with Gasteiger partial charge < -0.3 is 20.5 Å². The van der Waals surface area contributed by atoms with Crippen molar-refractivity contribution in [1.82, 2.24) is 5.32 Å². The van der Waals surface area contributed by atoms with E-state index in [1.807, 2.05) is 18.2 Å². The van der Waals surface area contributed by atoms with E-state index in [9.17, 15) is 4.79 Å². The van der Waals surface area contributed by atoms with E-state index in [1.54, 1.807) is 0 Å². The Morgan fingerprint density at radius 3 is 2.67 bits per heavy atom. The Hall–Kier alpha value is -1.43. The van der Waals surface area contributed by atoms with Crippen LogP contribution in [0.15, 0.2) is 30.3 Å². The van der Waals surface area contributed by atoms with E-state index in [0.717, 1.165) is 19.4 Å². The predicted molar refractivity (Wildman–Crippen MR) is 92.4 cm³/mol. The van der Waals surface area contributed by atoms with E-state index in [4.69, 9.17) is 15.2 Å². The van der Waals surface area contributed by atoms with Crippen LogP contribution < -0.4 is 11.1 Å². The highest BCUT2D eigenvalue weighted by molar-refractivity contribution is 5.83. The van der Waals surface area contributed by atoms with Gasteiger partial charge in [0.25, 0.3) is 0 Å². The maximum atomic E-state index is 12.7. The Morgan fingerprint density at radius 2 is 1.96 bits per heavy atom. The molecule has 2 unspecified atom stereocenters. The number of rotatable bonds is 5. The highest BCUT2D eigenvalue weighted by Crippen LogP contribution is 2.34. The maximum Gasteiger partial charge on any atom is 0.227 e. The molecule has 0 saturated carbocycles. The van der Waals surface area contributed by atoms with Gasteiger partial charge in [-0.1, -0.05) is 30.3 Å². The lowest BCUT2D eigenvalue weighted by molar-refractivity contribution is -0.136. The Balaban J connectivity index is 1.62. The van der Waals surface area contributed by atoms with Crippen LogP contribution in [0.2, 0.25) is 0 Å². The largest absolute Gasteiger partial charge is 0.381 e. The monoisotopic (exact) mass is 332 g/mol. The Labute approximate surface area is 143 Å². The number of hydrogen-bond donors (Lipinski definition) is 2. The van der Waals surface area contributed by atoms with Gasteiger partial charge in [0.15, 0.2) is 0 Å². The fourth-order valence-electron chi connectivity index (χ4n) is 3.76. The van der Waals surface area contributed by atoms with Gasteiger partial charge in [0.2, 0.25) is 5.91 Å². The van der Waals surface area contributed by atoms with Crippen LogP contribution >= 0.6 is 0 Å². The summed E-state index contributed by atoms with van der Waals surface area (Å²) < 4.78 is 11.4. The molecule has 2 aliphatic heterocycles. The first-order valence-corrected chi connectivity index (χ1v) is 8.98. The summed E-state index contributed by atoms with van der Waals surface area (Å²) in [6.07, 6.45) is 3.58. The number of nitrogens with two attached hydrogens (primary N) is 1. The van der Waals surface area contributed by atoms with E-state index in [0.29, 0.717) is 45.1 Å². The van der Waals surface area contributed by atoms with Crippen molar-refractivity contribution >= 4 is 5.91 Å². The van der Waals surface area contributed by atoms with Gasteiger partial charge in [-0.25, -0.2) is 0 Å². The molecule has 2 aliphatic rings. The van der Waals surface area contributed by atoms with E-state index in [1.165, 1.54) is 5.56 Å². The summed E-state index contributed by atoms with van der Waals surface area (Å²) in [6, 6.07) is 10.3. The van der Waals surface area contributed by atoms with Gasteiger partial charge in [-0.15, -0.1) is 0 Å². The summed E-state index contributed by atoms with van der Waals surface area (Å²) in [5.74, 6) is 0.380. The highest BCUT2D eigenvalue weighted by Gasteiger charge is 2.39. The molecule has 2 saturated heterocycles. The van der Waals surface area contributed by atoms with E-state index in [2.05, 4.69) is 17.4 Å². The SMILES string of the molecule is NCC1(C(=O)NCC2CCCOC2c2ccccc2)CCOCC1. The van der Waals surface area contributed by atoms with E-state index < -0.39 is 5.41 Å². The first kappa shape index (κ1) is 17.4. The lowest BCUT2D eigenvalue weighted by Crippen LogP contribution is -2.50. The molecule has 3 rings (SSSR count). The zero-order valence-corrected chi connectivity index (χ0v) is 14.2. The number of carbonyl (C=O) groups excluding carboxylic acids is 1. The highest BCUT2D eigenvalue weighted by atomic mass is 16.5. The van der Waals surface area contributed by atoms with Crippen molar-refractivity contribution in [2.24, 2.45) is 17.1 Å². The third-order valence-corrected chi connectivity index (χ3v) is 5.42. The number of ether oxygens (including phenoxy) is 2. The molecule has 0 radical (unpaired) electrons. The van der Waals surface area contributed by atoms with Crippen molar-refractivity contribution in [3.05, 3.63) is 35.9 Å². The summed E-state index contributed by atoms with van der Waals surface area (Å²) in [4.78, 5) is 12.7. The van der Waals surface area contributed by atoms with Crippen molar-refractivity contribution in [3.63, 3.8) is 0 Å². The zero-order chi connectivity index (χ0) is 16.8. The van der Waals surface area contributed by atoms with Crippen molar-refractivity contribution in [1.29, 1.82) is 0 Å². The molecule has 2 atom stereocenters. The molecule has 1 aromatic rings. The third kappa shape index (κ3) is 3.79. The topological polar surface area (TPSA) is 73.6 Å². The van der Waals surface area contributed by atoms with Crippen molar-refractivity contribution in [2.45, 2.75) is 31.8 Å². The molecular weight excluding hydrogens is 304 g/mol. The lowest BCUT2D eigenvalue weighted by atomic mass is 9.79. The molecule has 132 valence electrons. The molecule has 0 bridgehead atoms. The number of amides is 1. The van der Waals surface area contributed by atoms with Gasteiger partial charge in [-0.3, -0.25) is 4.79 Å². The molecule has 1 amide bonds. The molecule has 1 aromatic carbocycles. The van der Waals surface area contributed by atoms with Gasteiger partial charge in [0.1, 0.15) is 0 Å². The molecule has 24 heavy (non-hydrogen) atoms. The van der Waals surface area contributed by atoms with Gasteiger partial charge in [-0.2, -0.15) is 0 Å². The van der Waals surface area contributed by atoms with Gasteiger partial charge in [0, 0.05) is 38.8 Å². The minimum Gasteiger partial charge on any atom is -0.381 e. The van der Waals surface area contributed by atoms with Crippen LogP contribution in [0.4, 0.5) is 0 Å². The van der Waals surface area contributed by atoms with Crippen molar-refractivity contribution in [3.8, 4) is 0 Å². The van der Waals surface area contributed by atoms with Gasteiger partial charge in [0.05, 0.1) is 11.5 Å². The second-order valence-corrected chi connectivity index (χ2v) is 6.91. The average molecular weight is 332 g/mol. The lowest BCUT2D eigenvalue weighted by Gasteiger charge is -2.36. The first-order valence-electron chi connectivity index (χ1n) is 8.98. The normalized spacial score (nSPS) is 26.7. The second kappa shape index (κ2) is 8.10. The first-order chi connectivity index (χ1) is 11.7. The van der Waals surface area contributed by atoms with E-state index >= 15 is 0 Å². The van der Waals surface area contributed by atoms with Crippen molar-refractivity contribution in [2.75, 3.05) is 32.9 Å². The number of hydrogen-bond acceptors (Lipinski definition) is 4. The average Bonchev–Trinajstić information content (AvgIpc) is 2.67. The summed E-state index contributed by atoms with van der Waals surface area (Å²) in [7, 11) is 0. The predicted octanol–water partition coefficient (Wildman–Crippen LogP) is 2.03. The fraction of sp³-hybridized carbons (Fsp3) is 0.632. The summed E-state index contributed by atoms with van der Waals surface area (Å²) in [5.41, 5.74) is 6.65. The summed E-state index contributed by atoms with van der Waals surface area (Å²) in [5, 5.41) is 3.16.